The Morgan fingerprint density at radius 2 is 1.85 bits per heavy atom. The SMILES string of the molecule is CC(O)CO.CCCCCC(=O)O. The van der Waals surface area contributed by atoms with Crippen LogP contribution in [0.1, 0.15) is 39.5 Å². The molecule has 0 aromatic rings. The number of aliphatic hydroxyl groups excluding tert-OH is 2. The van der Waals surface area contributed by atoms with E-state index in [4.69, 9.17) is 15.3 Å². The summed E-state index contributed by atoms with van der Waals surface area (Å²) in [6, 6.07) is 0. The summed E-state index contributed by atoms with van der Waals surface area (Å²) >= 11 is 0. The maximum absolute atomic E-state index is 9.87. The molecule has 13 heavy (non-hydrogen) atoms. The third-order valence-electron chi connectivity index (χ3n) is 1.26. The van der Waals surface area contributed by atoms with Gasteiger partial charge in [-0.1, -0.05) is 19.8 Å². The molecule has 4 nitrogen and oxygen atoms in total. The Hall–Kier alpha value is -0.610. The maximum Gasteiger partial charge on any atom is 0.303 e. The molecule has 0 amide bonds. The van der Waals surface area contributed by atoms with Crippen LogP contribution in [0.5, 0.6) is 0 Å². The largest absolute Gasteiger partial charge is 0.481 e. The minimum absolute atomic E-state index is 0.139. The van der Waals surface area contributed by atoms with E-state index in [0.717, 1.165) is 19.3 Å². The third-order valence-corrected chi connectivity index (χ3v) is 1.26. The van der Waals surface area contributed by atoms with E-state index in [-0.39, 0.29) is 6.61 Å². The van der Waals surface area contributed by atoms with Crippen LogP contribution in [0.3, 0.4) is 0 Å². The molecular weight excluding hydrogens is 172 g/mol. The van der Waals surface area contributed by atoms with Crippen LogP contribution in [0.2, 0.25) is 0 Å². The Morgan fingerprint density at radius 3 is 2.08 bits per heavy atom. The first-order valence-electron chi connectivity index (χ1n) is 4.55. The molecule has 80 valence electrons. The van der Waals surface area contributed by atoms with Gasteiger partial charge < -0.3 is 15.3 Å². The predicted octanol–water partition coefficient (Wildman–Crippen LogP) is 1.01. The molecule has 0 spiro atoms. The van der Waals surface area contributed by atoms with E-state index in [2.05, 4.69) is 6.92 Å². The molecule has 0 aromatic carbocycles. The molecule has 0 rings (SSSR count). The first-order chi connectivity index (χ1) is 6.04. The molecule has 0 aliphatic rings. The summed E-state index contributed by atoms with van der Waals surface area (Å²) < 4.78 is 0. The van der Waals surface area contributed by atoms with E-state index in [1.807, 2.05) is 0 Å². The summed E-state index contributed by atoms with van der Waals surface area (Å²) in [6.45, 7) is 3.45. The molecule has 3 N–H and O–H groups in total. The number of aliphatic hydroxyl groups is 2. The number of hydrogen-bond donors (Lipinski definition) is 3. The monoisotopic (exact) mass is 192 g/mol. The molecule has 4 heteroatoms. The van der Waals surface area contributed by atoms with Gasteiger partial charge in [-0.2, -0.15) is 0 Å². The Balaban J connectivity index is 0. The van der Waals surface area contributed by atoms with E-state index in [1.54, 1.807) is 0 Å². The van der Waals surface area contributed by atoms with Gasteiger partial charge in [-0.15, -0.1) is 0 Å². The highest BCUT2D eigenvalue weighted by molar-refractivity contribution is 5.66. The van der Waals surface area contributed by atoms with Crippen molar-refractivity contribution in [3.8, 4) is 0 Å². The third kappa shape index (κ3) is 24.6. The van der Waals surface area contributed by atoms with Crippen LogP contribution in [0.4, 0.5) is 0 Å². The minimum atomic E-state index is -0.682. The van der Waals surface area contributed by atoms with Crippen LogP contribution in [0, 0.1) is 0 Å². The topological polar surface area (TPSA) is 77.8 Å². The summed E-state index contributed by atoms with van der Waals surface area (Å²) in [5.41, 5.74) is 0. The van der Waals surface area contributed by atoms with Gasteiger partial charge in [0, 0.05) is 6.42 Å². The number of unbranched alkanes of at least 4 members (excludes halogenated alkanes) is 2. The summed E-state index contributed by atoms with van der Waals surface area (Å²) in [6.07, 6.45) is 2.72. The lowest BCUT2D eigenvalue weighted by Crippen LogP contribution is -2.03. The second kappa shape index (κ2) is 11.4. The van der Waals surface area contributed by atoms with Crippen molar-refractivity contribution >= 4 is 5.97 Å². The van der Waals surface area contributed by atoms with Crippen molar-refractivity contribution in [2.45, 2.75) is 45.6 Å². The van der Waals surface area contributed by atoms with Gasteiger partial charge in [0.2, 0.25) is 0 Å². The molecule has 0 saturated carbocycles. The fourth-order valence-corrected chi connectivity index (χ4v) is 0.526. The van der Waals surface area contributed by atoms with Crippen LogP contribution in [0.15, 0.2) is 0 Å². The number of carboxylic acids is 1. The number of aliphatic carboxylic acids is 1. The lowest BCUT2D eigenvalue weighted by atomic mass is 10.2. The predicted molar refractivity (Wildman–Crippen MR) is 50.5 cm³/mol. The average Bonchev–Trinajstić information content (AvgIpc) is 2.05. The summed E-state index contributed by atoms with van der Waals surface area (Å²) in [5, 5.41) is 24.1. The molecule has 0 radical (unpaired) electrons. The highest BCUT2D eigenvalue weighted by Gasteiger charge is 1.92. The zero-order valence-electron chi connectivity index (χ0n) is 8.36. The van der Waals surface area contributed by atoms with Crippen molar-refractivity contribution in [2.75, 3.05) is 6.61 Å². The molecule has 0 fully saturated rings. The fourth-order valence-electron chi connectivity index (χ4n) is 0.526. The maximum atomic E-state index is 9.87. The Labute approximate surface area is 79.2 Å². The van der Waals surface area contributed by atoms with E-state index in [0.29, 0.717) is 6.42 Å². The standard InChI is InChI=1S/C6H12O2.C3H8O2/c1-2-3-4-5-6(7)8;1-3(5)2-4/h2-5H2,1H3,(H,7,8);3-5H,2H2,1H3. The normalized spacial score (nSPS) is 11.4. The van der Waals surface area contributed by atoms with Crippen molar-refractivity contribution in [2.24, 2.45) is 0 Å². The first kappa shape index (κ1) is 14.9. The van der Waals surface area contributed by atoms with Crippen LogP contribution in [0.25, 0.3) is 0 Å². The zero-order chi connectivity index (χ0) is 10.7. The van der Waals surface area contributed by atoms with E-state index < -0.39 is 12.1 Å². The van der Waals surface area contributed by atoms with E-state index in [9.17, 15) is 4.79 Å². The number of rotatable bonds is 5. The minimum Gasteiger partial charge on any atom is -0.481 e. The van der Waals surface area contributed by atoms with Crippen molar-refractivity contribution in [3.63, 3.8) is 0 Å². The summed E-state index contributed by atoms with van der Waals surface area (Å²) in [7, 11) is 0. The molecule has 1 unspecified atom stereocenters. The molecule has 1 atom stereocenters. The van der Waals surface area contributed by atoms with E-state index >= 15 is 0 Å². The molecule has 0 aliphatic carbocycles. The molecule has 0 heterocycles. The van der Waals surface area contributed by atoms with Gasteiger partial charge in [-0.3, -0.25) is 4.79 Å². The number of carboxylic acid groups (broad SMARTS) is 1. The van der Waals surface area contributed by atoms with Crippen molar-refractivity contribution in [1.82, 2.24) is 0 Å². The highest BCUT2D eigenvalue weighted by Crippen LogP contribution is 1.97. The lowest BCUT2D eigenvalue weighted by molar-refractivity contribution is -0.137. The Morgan fingerprint density at radius 1 is 1.38 bits per heavy atom. The smallest absolute Gasteiger partial charge is 0.303 e. The Kier molecular flexibility index (Phi) is 13.0. The fraction of sp³-hybridized carbons (Fsp3) is 0.889. The second-order valence-electron chi connectivity index (χ2n) is 2.88. The van der Waals surface area contributed by atoms with Gasteiger partial charge in [-0.25, -0.2) is 0 Å². The van der Waals surface area contributed by atoms with Gasteiger partial charge >= 0.3 is 5.97 Å². The molecule has 0 bridgehead atoms. The van der Waals surface area contributed by atoms with Crippen molar-refractivity contribution in [1.29, 1.82) is 0 Å². The van der Waals surface area contributed by atoms with Gasteiger partial charge in [0.15, 0.2) is 0 Å². The molecule has 0 aromatic heterocycles. The van der Waals surface area contributed by atoms with Gasteiger partial charge in [0.1, 0.15) is 0 Å². The van der Waals surface area contributed by atoms with Crippen LogP contribution in [-0.4, -0.2) is 34.0 Å². The average molecular weight is 192 g/mol. The van der Waals surface area contributed by atoms with E-state index in [1.165, 1.54) is 6.92 Å². The highest BCUT2D eigenvalue weighted by atomic mass is 16.4. The Bertz CT molecular complexity index is 112. The number of hydrogen-bond acceptors (Lipinski definition) is 3. The number of carbonyl (C=O) groups is 1. The van der Waals surface area contributed by atoms with Crippen molar-refractivity contribution < 1.29 is 20.1 Å². The van der Waals surface area contributed by atoms with Gasteiger partial charge in [-0.05, 0) is 13.3 Å². The summed E-state index contributed by atoms with van der Waals surface area (Å²) in [5.74, 6) is -0.682. The van der Waals surface area contributed by atoms with Crippen LogP contribution < -0.4 is 0 Å². The molecule has 0 aliphatic heterocycles. The van der Waals surface area contributed by atoms with Gasteiger partial charge in [0.25, 0.3) is 0 Å². The lowest BCUT2D eigenvalue weighted by Gasteiger charge is -1.90. The van der Waals surface area contributed by atoms with Crippen molar-refractivity contribution in [3.05, 3.63) is 0 Å². The summed E-state index contributed by atoms with van der Waals surface area (Å²) in [4.78, 5) is 9.87. The first-order valence-corrected chi connectivity index (χ1v) is 4.55. The van der Waals surface area contributed by atoms with Gasteiger partial charge in [0.05, 0.1) is 12.7 Å². The molecular formula is C9H20O4. The quantitative estimate of drug-likeness (QED) is 0.568. The zero-order valence-corrected chi connectivity index (χ0v) is 8.36. The second-order valence-corrected chi connectivity index (χ2v) is 2.88. The van der Waals surface area contributed by atoms with Crippen LogP contribution in [-0.2, 0) is 4.79 Å². The van der Waals surface area contributed by atoms with Crippen LogP contribution >= 0.6 is 0 Å². The molecule has 0 saturated heterocycles.